The van der Waals surface area contributed by atoms with Gasteiger partial charge >= 0.3 is 136 Å². The summed E-state index contributed by atoms with van der Waals surface area (Å²) in [6.45, 7) is 1.79. The van der Waals surface area contributed by atoms with Crippen molar-refractivity contribution in [1.29, 1.82) is 0 Å². The second kappa shape index (κ2) is 5.58. The number of carbonyl (C=O) groups excluding carboxylic acids is 1. The molecule has 4 nitrogen and oxygen atoms in total. The zero-order valence-electron chi connectivity index (χ0n) is 11.1. The molecule has 0 spiro atoms. The van der Waals surface area contributed by atoms with Crippen molar-refractivity contribution in [3.8, 4) is 0 Å². The Labute approximate surface area is 135 Å². The molecular formula is C15H12BrIO4. The van der Waals surface area contributed by atoms with Gasteiger partial charge in [0.1, 0.15) is 0 Å². The normalized spacial score (nSPS) is 24.8. The van der Waals surface area contributed by atoms with Crippen LogP contribution >= 0.6 is 35.2 Å². The van der Waals surface area contributed by atoms with Gasteiger partial charge in [-0.25, -0.2) is 0 Å². The second-order valence-corrected chi connectivity index (χ2v) is 9.97. The number of benzene rings is 2. The molecule has 0 aromatic heterocycles. The molecule has 0 N–H and O–H groups in total. The molecule has 21 heavy (non-hydrogen) atoms. The van der Waals surface area contributed by atoms with E-state index in [2.05, 4.69) is 15.9 Å². The molecule has 1 aliphatic rings. The predicted octanol–water partition coefficient (Wildman–Crippen LogP) is 4.78. The summed E-state index contributed by atoms with van der Waals surface area (Å²) >= 11 is -1.07. The van der Waals surface area contributed by atoms with Gasteiger partial charge in [-0.2, -0.15) is 0 Å². The first-order valence-electron chi connectivity index (χ1n) is 6.25. The third-order valence-electron chi connectivity index (χ3n) is 3.11. The fraction of sp³-hybridized carbons (Fsp3) is 0.133. The summed E-state index contributed by atoms with van der Waals surface area (Å²) in [6, 6.07) is 14.2. The van der Waals surface area contributed by atoms with Gasteiger partial charge in [0.05, 0.1) is 0 Å². The standard InChI is InChI=1S/C15H12BrIO4/c1-10(11-6-8-12(16)9-7-11)20-17(19)14-5-3-2-4-13(14)15(18)21-17/h2-10H,1H3/t10-/m1/s1. The molecule has 110 valence electrons. The quantitative estimate of drug-likeness (QED) is 0.615. The average Bonchev–Trinajstić information content (AvgIpc) is 2.72. The second-order valence-electron chi connectivity index (χ2n) is 4.55. The van der Waals surface area contributed by atoms with Crippen LogP contribution in [0.1, 0.15) is 28.9 Å². The van der Waals surface area contributed by atoms with Crippen molar-refractivity contribution in [2.24, 2.45) is 0 Å². The molecule has 0 saturated carbocycles. The Morgan fingerprint density at radius 2 is 1.81 bits per heavy atom. The van der Waals surface area contributed by atoms with Crippen LogP contribution in [0, 0.1) is 3.57 Å². The van der Waals surface area contributed by atoms with Crippen LogP contribution < -0.4 is 0 Å². The van der Waals surface area contributed by atoms with E-state index in [1.165, 1.54) is 0 Å². The van der Waals surface area contributed by atoms with E-state index in [0.29, 0.717) is 9.13 Å². The van der Waals surface area contributed by atoms with Crippen LogP contribution in [0.2, 0.25) is 0 Å². The molecule has 0 aliphatic carbocycles. The summed E-state index contributed by atoms with van der Waals surface area (Å²) in [6.07, 6.45) is -0.425. The number of hydrogen-bond acceptors (Lipinski definition) is 4. The molecule has 0 radical (unpaired) electrons. The zero-order valence-corrected chi connectivity index (χ0v) is 14.8. The molecule has 1 heterocycles. The fourth-order valence-corrected chi connectivity index (χ4v) is 6.73. The Balaban J connectivity index is 1.90. The van der Waals surface area contributed by atoms with Crippen LogP contribution in [-0.4, -0.2) is 5.97 Å². The molecule has 6 heteroatoms. The van der Waals surface area contributed by atoms with E-state index >= 15 is 0 Å². The van der Waals surface area contributed by atoms with Gasteiger partial charge in [0.25, 0.3) is 0 Å². The summed E-state index contributed by atoms with van der Waals surface area (Å²) in [5.41, 5.74) is 1.21. The van der Waals surface area contributed by atoms with Crippen LogP contribution in [0.3, 0.4) is 0 Å². The number of fused-ring (bicyclic) bond motifs is 1. The van der Waals surface area contributed by atoms with Gasteiger partial charge in [-0.05, 0) is 0 Å². The van der Waals surface area contributed by atoms with Gasteiger partial charge in [0.2, 0.25) is 0 Å². The first-order valence-corrected chi connectivity index (χ1v) is 10.8. The molecule has 0 saturated heterocycles. The van der Waals surface area contributed by atoms with Crippen molar-refractivity contribution in [2.45, 2.75) is 13.0 Å². The van der Waals surface area contributed by atoms with Gasteiger partial charge in [0.15, 0.2) is 0 Å². The maximum atomic E-state index is 12.9. The van der Waals surface area contributed by atoms with Crippen molar-refractivity contribution in [2.75, 3.05) is 0 Å². The maximum absolute atomic E-state index is 12.9. The van der Waals surface area contributed by atoms with E-state index in [9.17, 15) is 7.86 Å². The third-order valence-corrected chi connectivity index (χ3v) is 8.41. The summed E-state index contributed by atoms with van der Waals surface area (Å²) in [4.78, 5) is 11.8. The Morgan fingerprint density at radius 1 is 1.14 bits per heavy atom. The van der Waals surface area contributed by atoms with Gasteiger partial charge in [-0.1, -0.05) is 0 Å². The molecule has 2 atom stereocenters. The summed E-state index contributed by atoms with van der Waals surface area (Å²) in [5, 5.41) is 0. The van der Waals surface area contributed by atoms with Crippen molar-refractivity contribution in [3.05, 3.63) is 67.7 Å². The van der Waals surface area contributed by atoms with E-state index in [4.69, 9.17) is 6.13 Å². The van der Waals surface area contributed by atoms with Crippen LogP contribution in [0.25, 0.3) is 0 Å². The van der Waals surface area contributed by atoms with Gasteiger partial charge in [-0.15, -0.1) is 0 Å². The topological polar surface area (TPSA) is 52.6 Å². The summed E-state index contributed by atoms with van der Waals surface area (Å²) in [7, 11) is 0. The van der Waals surface area contributed by atoms with Gasteiger partial charge in [-0.3, -0.25) is 0 Å². The molecule has 0 bridgehead atoms. The van der Waals surface area contributed by atoms with E-state index in [0.717, 1.165) is 10.0 Å². The van der Waals surface area contributed by atoms with Crippen molar-refractivity contribution < 1.29 is 14.0 Å². The molecule has 2 aromatic rings. The Bertz CT molecular complexity index is 742. The van der Waals surface area contributed by atoms with Crippen LogP contribution in [0.4, 0.5) is 0 Å². The predicted molar refractivity (Wildman–Crippen MR) is 88.9 cm³/mol. The Hall–Kier alpha value is -1.12. The van der Waals surface area contributed by atoms with Crippen molar-refractivity contribution in [3.63, 3.8) is 0 Å². The molecule has 0 fully saturated rings. The summed E-state index contributed by atoms with van der Waals surface area (Å²) in [5.74, 6) is -0.569. The van der Waals surface area contributed by atoms with Gasteiger partial charge in [0, 0.05) is 0 Å². The Kier molecular flexibility index (Phi) is 3.94. The van der Waals surface area contributed by atoms with Crippen LogP contribution in [0.15, 0.2) is 53.0 Å². The summed E-state index contributed by atoms with van der Waals surface area (Å²) < 4.78 is 25.0. The third kappa shape index (κ3) is 2.79. The zero-order chi connectivity index (χ0) is 15.0. The molecule has 2 aromatic carbocycles. The molecule has 3 rings (SSSR count). The van der Waals surface area contributed by atoms with Crippen LogP contribution in [0.5, 0.6) is 0 Å². The number of rotatable bonds is 3. The number of hydrogen-bond donors (Lipinski definition) is 0. The average molecular weight is 463 g/mol. The van der Waals surface area contributed by atoms with E-state index in [-0.39, 0.29) is 0 Å². The Morgan fingerprint density at radius 3 is 2.52 bits per heavy atom. The van der Waals surface area contributed by atoms with Crippen molar-refractivity contribution in [1.82, 2.24) is 0 Å². The molecular weight excluding hydrogens is 451 g/mol. The number of halogens is 2. The van der Waals surface area contributed by atoms with Gasteiger partial charge < -0.3 is 0 Å². The molecule has 1 aliphatic heterocycles. The van der Waals surface area contributed by atoms with Crippen molar-refractivity contribution >= 4 is 41.1 Å². The molecule has 1 unspecified atom stereocenters. The van der Waals surface area contributed by atoms with E-state index in [1.54, 1.807) is 31.2 Å². The minimum atomic E-state index is -4.43. The molecule has 0 amide bonds. The first kappa shape index (κ1) is 14.8. The first-order chi connectivity index (χ1) is 9.99. The van der Waals surface area contributed by atoms with E-state index < -0.39 is 31.3 Å². The SMILES string of the molecule is C[C@@H](OI1(=O)OC(=O)c2ccccc21)c1ccc(Br)cc1. The van der Waals surface area contributed by atoms with E-state index in [1.807, 2.05) is 24.3 Å². The monoisotopic (exact) mass is 462 g/mol. The van der Waals surface area contributed by atoms with Crippen LogP contribution in [-0.2, 0) is 9.20 Å². The fourth-order valence-electron chi connectivity index (χ4n) is 2.03. The minimum absolute atomic E-state index is 0.340. The number of carbonyl (C=O) groups is 1.